The van der Waals surface area contributed by atoms with Crippen molar-refractivity contribution in [1.29, 1.82) is 0 Å². The van der Waals surface area contributed by atoms with Crippen LogP contribution in [0.1, 0.15) is 32.6 Å². The van der Waals surface area contributed by atoms with Gasteiger partial charge in [0, 0.05) is 6.42 Å². The fraction of sp³-hybridized carbons (Fsp3) is 0.778. The average molecular weight is 188 g/mol. The Hall–Kier alpha value is -0.900. The van der Waals surface area contributed by atoms with Crippen molar-refractivity contribution in [3.63, 3.8) is 0 Å². The second-order valence-electron chi connectivity index (χ2n) is 2.83. The van der Waals surface area contributed by atoms with E-state index >= 15 is 0 Å². The van der Waals surface area contributed by atoms with Crippen LogP contribution >= 0.6 is 0 Å². The third-order valence-electron chi connectivity index (χ3n) is 1.75. The molecule has 0 heterocycles. The van der Waals surface area contributed by atoms with E-state index < -0.39 is 5.97 Å². The maximum Gasteiger partial charge on any atom is 0.329 e. The molecule has 0 aliphatic carbocycles. The SMILES string of the molecule is CCC(CCCC=O)OCC(=O)O. The van der Waals surface area contributed by atoms with Crippen LogP contribution in [0.25, 0.3) is 0 Å². The summed E-state index contributed by atoms with van der Waals surface area (Å²) in [6, 6.07) is 0. The fourth-order valence-corrected chi connectivity index (χ4v) is 1.02. The van der Waals surface area contributed by atoms with Gasteiger partial charge in [-0.3, -0.25) is 0 Å². The molecule has 0 amide bonds. The van der Waals surface area contributed by atoms with Crippen molar-refractivity contribution in [3.8, 4) is 0 Å². The highest BCUT2D eigenvalue weighted by molar-refractivity contribution is 5.68. The summed E-state index contributed by atoms with van der Waals surface area (Å²) in [5, 5.41) is 8.35. The van der Waals surface area contributed by atoms with Gasteiger partial charge in [0.2, 0.25) is 0 Å². The molecule has 0 spiro atoms. The number of unbranched alkanes of at least 4 members (excludes halogenated alkanes) is 1. The molecule has 1 N–H and O–H groups in total. The van der Waals surface area contributed by atoms with E-state index in [0.29, 0.717) is 6.42 Å². The zero-order valence-corrected chi connectivity index (χ0v) is 7.86. The molecule has 1 unspecified atom stereocenters. The molecular weight excluding hydrogens is 172 g/mol. The molecule has 4 nitrogen and oxygen atoms in total. The summed E-state index contributed by atoms with van der Waals surface area (Å²) in [5.74, 6) is -0.950. The number of rotatable bonds is 8. The normalized spacial score (nSPS) is 12.4. The van der Waals surface area contributed by atoms with Crippen LogP contribution in [0.15, 0.2) is 0 Å². The van der Waals surface area contributed by atoms with Crippen molar-refractivity contribution in [2.45, 2.75) is 38.7 Å². The van der Waals surface area contributed by atoms with Crippen molar-refractivity contribution in [2.75, 3.05) is 6.61 Å². The molecule has 0 rings (SSSR count). The Bertz CT molecular complexity index is 156. The van der Waals surface area contributed by atoms with Gasteiger partial charge in [-0.1, -0.05) is 6.92 Å². The maximum atomic E-state index is 10.2. The summed E-state index contributed by atoms with van der Waals surface area (Å²) in [6.07, 6.45) is 3.66. The Morgan fingerprint density at radius 2 is 2.31 bits per heavy atom. The van der Waals surface area contributed by atoms with Crippen LogP contribution in [0.3, 0.4) is 0 Å². The van der Waals surface area contributed by atoms with Crippen LogP contribution in [0.4, 0.5) is 0 Å². The molecule has 0 bridgehead atoms. The zero-order valence-electron chi connectivity index (χ0n) is 7.86. The smallest absolute Gasteiger partial charge is 0.329 e. The number of aldehydes is 1. The molecular formula is C9H16O4. The summed E-state index contributed by atoms with van der Waals surface area (Å²) < 4.78 is 5.08. The van der Waals surface area contributed by atoms with E-state index in [1.165, 1.54) is 0 Å². The predicted octanol–water partition coefficient (Wildman–Crippen LogP) is 1.24. The van der Waals surface area contributed by atoms with Crippen LogP contribution in [0.2, 0.25) is 0 Å². The lowest BCUT2D eigenvalue weighted by Gasteiger charge is -2.13. The number of hydrogen-bond donors (Lipinski definition) is 1. The molecule has 0 radical (unpaired) electrons. The van der Waals surface area contributed by atoms with Crippen molar-refractivity contribution in [3.05, 3.63) is 0 Å². The van der Waals surface area contributed by atoms with Crippen molar-refractivity contribution >= 4 is 12.3 Å². The first-order chi connectivity index (χ1) is 6.20. The second kappa shape index (κ2) is 7.73. The Labute approximate surface area is 77.9 Å². The Morgan fingerprint density at radius 1 is 1.62 bits per heavy atom. The topological polar surface area (TPSA) is 63.6 Å². The van der Waals surface area contributed by atoms with E-state index in [-0.39, 0.29) is 12.7 Å². The molecule has 0 aromatic heterocycles. The predicted molar refractivity (Wildman–Crippen MR) is 47.6 cm³/mol. The third kappa shape index (κ3) is 7.46. The molecule has 0 aliphatic heterocycles. The molecule has 0 aromatic rings. The minimum atomic E-state index is -0.950. The molecule has 1 atom stereocenters. The van der Waals surface area contributed by atoms with Crippen molar-refractivity contribution < 1.29 is 19.4 Å². The number of carbonyl (C=O) groups excluding carboxylic acids is 1. The lowest BCUT2D eigenvalue weighted by atomic mass is 10.1. The van der Waals surface area contributed by atoms with Gasteiger partial charge in [-0.05, 0) is 19.3 Å². The molecule has 0 aliphatic rings. The molecule has 0 saturated heterocycles. The van der Waals surface area contributed by atoms with Crippen LogP contribution in [-0.4, -0.2) is 30.1 Å². The number of carbonyl (C=O) groups is 2. The summed E-state index contributed by atoms with van der Waals surface area (Å²) in [7, 11) is 0. The Balaban J connectivity index is 3.50. The van der Waals surface area contributed by atoms with Crippen LogP contribution < -0.4 is 0 Å². The average Bonchev–Trinajstić information content (AvgIpc) is 2.10. The van der Waals surface area contributed by atoms with Crippen molar-refractivity contribution in [1.82, 2.24) is 0 Å². The number of hydrogen-bond acceptors (Lipinski definition) is 3. The van der Waals surface area contributed by atoms with Gasteiger partial charge in [-0.15, -0.1) is 0 Å². The fourth-order valence-electron chi connectivity index (χ4n) is 1.02. The van der Waals surface area contributed by atoms with Gasteiger partial charge in [0.15, 0.2) is 0 Å². The van der Waals surface area contributed by atoms with Gasteiger partial charge in [-0.2, -0.15) is 0 Å². The van der Waals surface area contributed by atoms with Crippen molar-refractivity contribution in [2.24, 2.45) is 0 Å². The second-order valence-corrected chi connectivity index (χ2v) is 2.83. The van der Waals surface area contributed by atoms with E-state index in [9.17, 15) is 9.59 Å². The first-order valence-corrected chi connectivity index (χ1v) is 4.47. The van der Waals surface area contributed by atoms with E-state index in [4.69, 9.17) is 9.84 Å². The van der Waals surface area contributed by atoms with Gasteiger partial charge >= 0.3 is 5.97 Å². The molecule has 0 aromatic carbocycles. The first kappa shape index (κ1) is 12.1. The zero-order chi connectivity index (χ0) is 10.1. The lowest BCUT2D eigenvalue weighted by Crippen LogP contribution is -2.17. The highest BCUT2D eigenvalue weighted by Gasteiger charge is 2.07. The van der Waals surface area contributed by atoms with Crippen LogP contribution in [0.5, 0.6) is 0 Å². The number of carboxylic acids is 1. The molecule has 13 heavy (non-hydrogen) atoms. The van der Waals surface area contributed by atoms with E-state index in [1.54, 1.807) is 0 Å². The highest BCUT2D eigenvalue weighted by atomic mass is 16.5. The monoisotopic (exact) mass is 188 g/mol. The minimum absolute atomic E-state index is 0.0314. The highest BCUT2D eigenvalue weighted by Crippen LogP contribution is 2.07. The summed E-state index contributed by atoms with van der Waals surface area (Å²) >= 11 is 0. The van der Waals surface area contributed by atoms with Gasteiger partial charge in [0.05, 0.1) is 6.10 Å². The van der Waals surface area contributed by atoms with Crippen LogP contribution in [0, 0.1) is 0 Å². The van der Waals surface area contributed by atoms with Gasteiger partial charge in [0.25, 0.3) is 0 Å². The number of aliphatic carboxylic acids is 1. The summed E-state index contributed by atoms with van der Waals surface area (Å²) in [4.78, 5) is 20.2. The van der Waals surface area contributed by atoms with E-state index in [1.807, 2.05) is 6.92 Å². The molecule has 0 saturated carbocycles. The van der Waals surface area contributed by atoms with Gasteiger partial charge < -0.3 is 14.6 Å². The number of carboxylic acid groups (broad SMARTS) is 1. The minimum Gasteiger partial charge on any atom is -0.480 e. The Morgan fingerprint density at radius 3 is 2.77 bits per heavy atom. The quantitative estimate of drug-likeness (QED) is 0.459. The molecule has 4 heteroatoms. The molecule has 0 fully saturated rings. The standard InChI is InChI=1S/C9H16O4/c1-2-8(5-3-4-6-10)13-7-9(11)12/h6,8H,2-5,7H2,1H3,(H,11,12). The Kier molecular flexibility index (Phi) is 7.20. The van der Waals surface area contributed by atoms with E-state index in [0.717, 1.165) is 25.5 Å². The number of ether oxygens (including phenoxy) is 1. The van der Waals surface area contributed by atoms with Crippen LogP contribution in [-0.2, 0) is 14.3 Å². The first-order valence-electron chi connectivity index (χ1n) is 4.47. The van der Waals surface area contributed by atoms with Gasteiger partial charge in [-0.25, -0.2) is 4.79 Å². The lowest BCUT2D eigenvalue weighted by molar-refractivity contribution is -0.144. The molecule has 76 valence electrons. The summed E-state index contributed by atoms with van der Waals surface area (Å²) in [6.45, 7) is 1.69. The van der Waals surface area contributed by atoms with Gasteiger partial charge in [0.1, 0.15) is 12.9 Å². The van der Waals surface area contributed by atoms with E-state index in [2.05, 4.69) is 0 Å². The largest absolute Gasteiger partial charge is 0.480 e. The summed E-state index contributed by atoms with van der Waals surface area (Å²) in [5.41, 5.74) is 0. The maximum absolute atomic E-state index is 10.2. The third-order valence-corrected chi connectivity index (χ3v) is 1.75.